The molecule has 0 aliphatic heterocycles. The third-order valence-electron chi connectivity index (χ3n) is 3.92. The van der Waals surface area contributed by atoms with Gasteiger partial charge in [-0.25, -0.2) is 9.50 Å². The summed E-state index contributed by atoms with van der Waals surface area (Å²) >= 11 is 0. The molecule has 0 aliphatic carbocycles. The van der Waals surface area contributed by atoms with Crippen molar-refractivity contribution in [3.05, 3.63) is 51.8 Å². The van der Waals surface area contributed by atoms with Crippen molar-refractivity contribution in [2.45, 2.75) is 26.8 Å². The second kappa shape index (κ2) is 5.95. The monoisotopic (exact) mass is 328 g/mol. The van der Waals surface area contributed by atoms with Crippen LogP contribution in [0.1, 0.15) is 41.8 Å². The van der Waals surface area contributed by atoms with Gasteiger partial charge in [-0.05, 0) is 18.9 Å². The Morgan fingerprint density at radius 3 is 2.71 bits per heavy atom. The predicted molar refractivity (Wildman–Crippen MR) is 88.8 cm³/mol. The van der Waals surface area contributed by atoms with Gasteiger partial charge >= 0.3 is 0 Å². The molecule has 0 spiro atoms. The van der Waals surface area contributed by atoms with Crippen LogP contribution in [0.2, 0.25) is 0 Å². The van der Waals surface area contributed by atoms with Gasteiger partial charge in [-0.3, -0.25) is 19.4 Å². The summed E-state index contributed by atoms with van der Waals surface area (Å²) in [5, 5.41) is 9.89. The van der Waals surface area contributed by atoms with Gasteiger partial charge in [-0.2, -0.15) is 5.10 Å². The first-order valence-electron chi connectivity index (χ1n) is 7.75. The quantitative estimate of drug-likeness (QED) is 0.752. The average Bonchev–Trinajstić information content (AvgIpc) is 3.09. The number of nitrogens with zero attached hydrogens (tertiary/aromatic N) is 4. The molecule has 8 nitrogen and oxygen atoms in total. The fourth-order valence-electron chi connectivity index (χ4n) is 2.68. The molecule has 3 rings (SSSR count). The predicted octanol–water partition coefficient (Wildman–Crippen LogP) is 1.19. The van der Waals surface area contributed by atoms with Gasteiger partial charge in [0.05, 0.1) is 11.7 Å². The first-order valence-corrected chi connectivity index (χ1v) is 7.75. The lowest BCUT2D eigenvalue weighted by atomic mass is 10.0. The molecule has 0 aliphatic rings. The Labute approximate surface area is 138 Å². The second-order valence-electron chi connectivity index (χ2n) is 6.19. The highest BCUT2D eigenvalue weighted by Crippen LogP contribution is 2.20. The van der Waals surface area contributed by atoms with Crippen molar-refractivity contribution < 1.29 is 4.79 Å². The number of H-pyrrole nitrogens is 1. The molecule has 1 unspecified atom stereocenters. The van der Waals surface area contributed by atoms with Crippen molar-refractivity contribution in [3.8, 4) is 0 Å². The van der Waals surface area contributed by atoms with Crippen LogP contribution in [-0.4, -0.2) is 30.3 Å². The Morgan fingerprint density at radius 2 is 2.08 bits per heavy atom. The van der Waals surface area contributed by atoms with Crippen LogP contribution in [0.15, 0.2) is 29.2 Å². The van der Waals surface area contributed by atoms with E-state index in [0.717, 1.165) is 5.69 Å². The summed E-state index contributed by atoms with van der Waals surface area (Å²) in [7, 11) is 1.71. The molecule has 126 valence electrons. The topological polar surface area (TPSA) is 97.1 Å². The highest BCUT2D eigenvalue weighted by atomic mass is 16.2. The molecule has 0 radical (unpaired) electrons. The van der Waals surface area contributed by atoms with E-state index in [1.165, 1.54) is 15.3 Å². The van der Waals surface area contributed by atoms with Gasteiger partial charge in [-0.1, -0.05) is 13.8 Å². The average molecular weight is 328 g/mol. The maximum Gasteiger partial charge on any atom is 0.272 e. The summed E-state index contributed by atoms with van der Waals surface area (Å²) < 4.78 is 2.90. The van der Waals surface area contributed by atoms with E-state index in [9.17, 15) is 9.59 Å². The molecule has 2 N–H and O–H groups in total. The molecule has 0 aromatic carbocycles. The van der Waals surface area contributed by atoms with Crippen molar-refractivity contribution in [2.75, 3.05) is 0 Å². The number of aryl methyl sites for hydroxylation is 2. The number of nitrogens with one attached hydrogen (secondary N) is 2. The zero-order chi connectivity index (χ0) is 17.4. The summed E-state index contributed by atoms with van der Waals surface area (Å²) in [4.78, 5) is 29.3. The number of fused-ring (bicyclic) bond motifs is 1. The lowest BCUT2D eigenvalue weighted by molar-refractivity contribution is 0.0914. The first-order chi connectivity index (χ1) is 11.4. The van der Waals surface area contributed by atoms with E-state index < -0.39 is 0 Å². The van der Waals surface area contributed by atoms with E-state index in [0.29, 0.717) is 17.0 Å². The minimum atomic E-state index is -0.375. The van der Waals surface area contributed by atoms with Gasteiger partial charge in [0.1, 0.15) is 5.69 Å². The Kier molecular flexibility index (Phi) is 3.96. The molecule has 0 saturated heterocycles. The van der Waals surface area contributed by atoms with E-state index in [1.807, 2.05) is 20.8 Å². The highest BCUT2D eigenvalue weighted by Gasteiger charge is 2.23. The van der Waals surface area contributed by atoms with Crippen molar-refractivity contribution >= 4 is 11.6 Å². The fraction of sp³-hybridized carbons (Fsp3) is 0.375. The minimum Gasteiger partial charge on any atom is -0.342 e. The molecule has 8 heteroatoms. The van der Waals surface area contributed by atoms with Crippen LogP contribution in [0.3, 0.4) is 0 Å². The van der Waals surface area contributed by atoms with Crippen molar-refractivity contribution in [1.82, 2.24) is 29.7 Å². The van der Waals surface area contributed by atoms with Crippen LogP contribution in [0.25, 0.3) is 5.65 Å². The Balaban J connectivity index is 1.98. The molecular weight excluding hydrogens is 308 g/mol. The summed E-state index contributed by atoms with van der Waals surface area (Å²) in [6, 6.07) is 4.52. The van der Waals surface area contributed by atoms with Gasteiger partial charge in [0.15, 0.2) is 5.65 Å². The molecule has 24 heavy (non-hydrogen) atoms. The van der Waals surface area contributed by atoms with E-state index in [2.05, 4.69) is 20.5 Å². The van der Waals surface area contributed by atoms with Crippen molar-refractivity contribution in [2.24, 2.45) is 13.0 Å². The van der Waals surface area contributed by atoms with E-state index >= 15 is 0 Å². The summed E-state index contributed by atoms with van der Waals surface area (Å²) in [6.45, 7) is 5.80. The number of hydrogen-bond donors (Lipinski definition) is 2. The number of amides is 1. The van der Waals surface area contributed by atoms with Gasteiger partial charge < -0.3 is 5.32 Å². The fourth-order valence-corrected chi connectivity index (χ4v) is 2.68. The van der Waals surface area contributed by atoms with E-state index in [1.54, 1.807) is 25.4 Å². The molecule has 3 aromatic rings. The van der Waals surface area contributed by atoms with Crippen molar-refractivity contribution in [3.63, 3.8) is 0 Å². The van der Waals surface area contributed by atoms with Crippen LogP contribution in [-0.2, 0) is 7.05 Å². The summed E-state index contributed by atoms with van der Waals surface area (Å²) in [5.74, 6) is -0.183. The minimum absolute atomic E-state index is 0.0663. The molecule has 3 heterocycles. The molecule has 1 atom stereocenters. The zero-order valence-electron chi connectivity index (χ0n) is 14.1. The number of rotatable bonds is 4. The van der Waals surface area contributed by atoms with E-state index in [4.69, 9.17) is 0 Å². The summed E-state index contributed by atoms with van der Waals surface area (Å²) in [6.07, 6.45) is 1.57. The number of aromatic amines is 1. The lowest BCUT2D eigenvalue weighted by Crippen LogP contribution is -2.34. The smallest absolute Gasteiger partial charge is 0.272 e. The third kappa shape index (κ3) is 2.82. The number of aromatic nitrogens is 5. The third-order valence-corrected chi connectivity index (χ3v) is 3.92. The lowest BCUT2D eigenvalue weighted by Gasteiger charge is -2.21. The maximum absolute atomic E-state index is 12.5. The Morgan fingerprint density at radius 1 is 1.33 bits per heavy atom. The normalized spacial score (nSPS) is 12.7. The van der Waals surface area contributed by atoms with Crippen LogP contribution in [0, 0.1) is 12.8 Å². The van der Waals surface area contributed by atoms with Gasteiger partial charge in [0, 0.05) is 31.1 Å². The Bertz CT molecular complexity index is 949. The first kappa shape index (κ1) is 16.0. The van der Waals surface area contributed by atoms with Gasteiger partial charge in [0.25, 0.3) is 11.5 Å². The molecule has 0 saturated carbocycles. The Hall–Kier alpha value is -2.90. The van der Waals surface area contributed by atoms with Crippen molar-refractivity contribution in [1.29, 1.82) is 0 Å². The van der Waals surface area contributed by atoms with Crippen LogP contribution >= 0.6 is 0 Å². The van der Waals surface area contributed by atoms with Crippen LogP contribution in [0.5, 0.6) is 0 Å². The second-order valence-corrected chi connectivity index (χ2v) is 6.19. The number of carbonyl (C=O) groups is 1. The number of hydrogen-bond acceptors (Lipinski definition) is 4. The molecule has 0 fully saturated rings. The molecule has 1 amide bonds. The standard InChI is InChI=1S/C16H20N6O2/c1-9(2)15(19-16(24)12-5-6-17-21(12)4)11-8-14(23)22-13(18-11)7-10(3)20-22/h5-9,15,20H,1-4H3,(H,19,24). The zero-order valence-corrected chi connectivity index (χ0v) is 14.1. The maximum atomic E-state index is 12.5. The SMILES string of the molecule is Cc1cc2nc(C(NC(=O)c3ccnn3C)C(C)C)cc(=O)n2[nH]1. The largest absolute Gasteiger partial charge is 0.342 e. The van der Waals surface area contributed by atoms with Gasteiger partial charge in [-0.15, -0.1) is 0 Å². The molecule has 0 bridgehead atoms. The van der Waals surface area contributed by atoms with E-state index in [-0.39, 0.29) is 23.4 Å². The van der Waals surface area contributed by atoms with Gasteiger partial charge in [0.2, 0.25) is 0 Å². The van der Waals surface area contributed by atoms with Crippen LogP contribution < -0.4 is 10.9 Å². The highest BCUT2D eigenvalue weighted by molar-refractivity contribution is 5.92. The summed E-state index contributed by atoms with van der Waals surface area (Å²) in [5.41, 5.74) is 2.18. The molecule has 3 aromatic heterocycles. The van der Waals surface area contributed by atoms with Crippen LogP contribution in [0.4, 0.5) is 0 Å². The number of carbonyl (C=O) groups excluding carboxylic acids is 1. The molecular formula is C16H20N6O2.